The van der Waals surface area contributed by atoms with Crippen molar-refractivity contribution in [2.75, 3.05) is 18.4 Å². The molecule has 0 bridgehead atoms. The molecule has 122 valence electrons. The molecule has 0 atom stereocenters. The lowest BCUT2D eigenvalue weighted by Crippen LogP contribution is -2.24. The number of nitrogens with one attached hydrogen (secondary N) is 2. The first-order valence-corrected chi connectivity index (χ1v) is 8.36. The van der Waals surface area contributed by atoms with E-state index >= 15 is 0 Å². The van der Waals surface area contributed by atoms with Crippen LogP contribution in [0.25, 0.3) is 0 Å². The van der Waals surface area contributed by atoms with E-state index in [1.54, 1.807) is 19.1 Å². The summed E-state index contributed by atoms with van der Waals surface area (Å²) in [6.45, 7) is 2.19. The van der Waals surface area contributed by atoms with Gasteiger partial charge < -0.3 is 10.1 Å². The minimum absolute atomic E-state index is 0.0507. The monoisotopic (exact) mass is 335 g/mol. The Kier molecular flexibility index (Phi) is 5.17. The second kappa shape index (κ2) is 7.10. The maximum absolute atomic E-state index is 12.4. The van der Waals surface area contributed by atoms with Crippen LogP contribution >= 0.6 is 0 Å². The van der Waals surface area contributed by atoms with Gasteiger partial charge in [0.05, 0.1) is 17.6 Å². The number of carbonyl (C=O) groups excluding carboxylic acids is 1. The Morgan fingerprint density at radius 1 is 1.26 bits per heavy atom. The maximum Gasteiger partial charge on any atom is 0.263 e. The fourth-order valence-electron chi connectivity index (χ4n) is 1.91. The number of benzene rings is 1. The Morgan fingerprint density at radius 2 is 2.04 bits per heavy atom. The molecule has 7 nitrogen and oxygen atoms in total. The molecule has 2 rings (SSSR count). The van der Waals surface area contributed by atoms with Crippen LogP contribution in [0, 0.1) is 0 Å². The number of sulfonamides is 1. The third kappa shape index (κ3) is 3.98. The van der Waals surface area contributed by atoms with Crippen molar-refractivity contribution < 1.29 is 17.9 Å². The van der Waals surface area contributed by atoms with Gasteiger partial charge in [-0.1, -0.05) is 6.07 Å². The summed E-state index contributed by atoms with van der Waals surface area (Å²) < 4.78 is 32.3. The molecule has 1 aromatic heterocycles. The Hall–Kier alpha value is -2.61. The molecule has 2 N–H and O–H groups in total. The molecular formula is C15H17N3O4S. The molecule has 0 fully saturated rings. The second-order valence-corrected chi connectivity index (χ2v) is 6.22. The summed E-state index contributed by atoms with van der Waals surface area (Å²) in [4.78, 5) is 15.9. The van der Waals surface area contributed by atoms with E-state index < -0.39 is 15.9 Å². The standard InChI is InChI=1S/C15H17N3O4S/c1-3-16-15(19)12-10-11(7-8-13(12)22-2)23(20,21)18-14-6-4-5-9-17-14/h4-10H,3H2,1-2H3,(H,16,19)(H,17,18). The van der Waals surface area contributed by atoms with Gasteiger partial charge >= 0.3 is 0 Å². The SMILES string of the molecule is CCNC(=O)c1cc(S(=O)(=O)Nc2ccccn2)ccc1OC. The summed E-state index contributed by atoms with van der Waals surface area (Å²) in [7, 11) is -2.44. The number of hydrogen-bond acceptors (Lipinski definition) is 5. The molecule has 0 spiro atoms. The van der Waals surface area contributed by atoms with E-state index in [1.807, 2.05) is 0 Å². The number of methoxy groups -OCH3 is 1. The van der Waals surface area contributed by atoms with E-state index in [4.69, 9.17) is 4.74 Å². The molecule has 0 aliphatic carbocycles. The van der Waals surface area contributed by atoms with Crippen molar-refractivity contribution >= 4 is 21.7 Å². The van der Waals surface area contributed by atoms with E-state index in [0.717, 1.165) is 0 Å². The minimum Gasteiger partial charge on any atom is -0.496 e. The highest BCUT2D eigenvalue weighted by Gasteiger charge is 2.20. The van der Waals surface area contributed by atoms with Gasteiger partial charge in [-0.25, -0.2) is 13.4 Å². The van der Waals surface area contributed by atoms with Crippen LogP contribution in [-0.4, -0.2) is 33.0 Å². The summed E-state index contributed by atoms with van der Waals surface area (Å²) >= 11 is 0. The molecular weight excluding hydrogens is 318 g/mol. The van der Waals surface area contributed by atoms with Crippen molar-refractivity contribution in [3.05, 3.63) is 48.2 Å². The molecule has 0 radical (unpaired) electrons. The molecule has 2 aromatic rings. The lowest BCUT2D eigenvalue weighted by Gasteiger charge is -2.12. The number of pyridine rings is 1. The van der Waals surface area contributed by atoms with E-state index in [2.05, 4.69) is 15.0 Å². The zero-order valence-electron chi connectivity index (χ0n) is 12.7. The Bertz CT molecular complexity index is 792. The van der Waals surface area contributed by atoms with Crippen molar-refractivity contribution in [3.8, 4) is 5.75 Å². The highest BCUT2D eigenvalue weighted by atomic mass is 32.2. The van der Waals surface area contributed by atoms with Gasteiger partial charge in [-0.3, -0.25) is 9.52 Å². The van der Waals surface area contributed by atoms with Crippen molar-refractivity contribution in [1.82, 2.24) is 10.3 Å². The third-order valence-corrected chi connectivity index (χ3v) is 4.32. The first kappa shape index (κ1) is 16.8. The Morgan fingerprint density at radius 3 is 2.65 bits per heavy atom. The molecule has 0 saturated heterocycles. The molecule has 0 aliphatic rings. The number of rotatable bonds is 6. The molecule has 0 saturated carbocycles. The molecule has 1 aromatic carbocycles. The van der Waals surface area contributed by atoms with Crippen LogP contribution in [-0.2, 0) is 10.0 Å². The molecule has 23 heavy (non-hydrogen) atoms. The number of nitrogens with zero attached hydrogens (tertiary/aromatic N) is 1. The van der Waals surface area contributed by atoms with Crippen molar-refractivity contribution in [3.63, 3.8) is 0 Å². The van der Waals surface area contributed by atoms with Gasteiger partial charge in [-0.2, -0.15) is 0 Å². The average molecular weight is 335 g/mol. The quantitative estimate of drug-likeness (QED) is 0.836. The van der Waals surface area contributed by atoms with E-state index in [1.165, 1.54) is 37.6 Å². The molecule has 0 unspecified atom stereocenters. The predicted molar refractivity (Wildman–Crippen MR) is 86.0 cm³/mol. The number of hydrogen-bond donors (Lipinski definition) is 2. The van der Waals surface area contributed by atoms with E-state index in [0.29, 0.717) is 12.3 Å². The third-order valence-electron chi connectivity index (χ3n) is 2.97. The van der Waals surface area contributed by atoms with Gasteiger partial charge in [0.1, 0.15) is 11.6 Å². The Labute approximate surface area is 134 Å². The summed E-state index contributed by atoms with van der Waals surface area (Å²) in [5, 5.41) is 2.62. The van der Waals surface area contributed by atoms with Crippen LogP contribution in [0.5, 0.6) is 5.75 Å². The van der Waals surface area contributed by atoms with Crippen LogP contribution < -0.4 is 14.8 Å². The largest absolute Gasteiger partial charge is 0.496 e. The number of amides is 1. The van der Waals surface area contributed by atoms with Crippen LogP contribution in [0.3, 0.4) is 0 Å². The van der Waals surface area contributed by atoms with Crippen LogP contribution in [0.1, 0.15) is 17.3 Å². The normalized spacial score (nSPS) is 10.9. The highest BCUT2D eigenvalue weighted by molar-refractivity contribution is 7.92. The van der Waals surface area contributed by atoms with E-state index in [9.17, 15) is 13.2 Å². The maximum atomic E-state index is 12.4. The first-order valence-electron chi connectivity index (χ1n) is 6.88. The summed E-state index contributed by atoms with van der Waals surface area (Å²) in [6.07, 6.45) is 1.48. The van der Waals surface area contributed by atoms with Crippen molar-refractivity contribution in [1.29, 1.82) is 0 Å². The molecule has 1 heterocycles. The minimum atomic E-state index is -3.86. The Balaban J connectivity index is 2.39. The van der Waals surface area contributed by atoms with Crippen LogP contribution in [0.2, 0.25) is 0 Å². The molecule has 8 heteroatoms. The zero-order valence-corrected chi connectivity index (χ0v) is 13.6. The van der Waals surface area contributed by atoms with Gasteiger partial charge in [-0.15, -0.1) is 0 Å². The number of aromatic nitrogens is 1. The van der Waals surface area contributed by atoms with E-state index in [-0.39, 0.29) is 16.3 Å². The first-order chi connectivity index (χ1) is 11.0. The van der Waals surface area contributed by atoms with Gasteiger partial charge in [-0.05, 0) is 37.3 Å². The zero-order chi connectivity index (χ0) is 16.9. The smallest absolute Gasteiger partial charge is 0.263 e. The molecule has 0 aliphatic heterocycles. The number of anilines is 1. The van der Waals surface area contributed by atoms with Crippen molar-refractivity contribution in [2.45, 2.75) is 11.8 Å². The summed E-state index contributed by atoms with van der Waals surface area (Å²) in [5.41, 5.74) is 0.151. The molecule has 1 amide bonds. The van der Waals surface area contributed by atoms with Gasteiger partial charge in [0.15, 0.2) is 0 Å². The van der Waals surface area contributed by atoms with Gasteiger partial charge in [0.2, 0.25) is 0 Å². The fourth-order valence-corrected chi connectivity index (χ4v) is 2.94. The van der Waals surface area contributed by atoms with Gasteiger partial charge in [0.25, 0.3) is 15.9 Å². The lowest BCUT2D eigenvalue weighted by atomic mass is 10.2. The number of carbonyl (C=O) groups is 1. The van der Waals surface area contributed by atoms with Gasteiger partial charge in [0, 0.05) is 12.7 Å². The fraction of sp³-hybridized carbons (Fsp3) is 0.200. The lowest BCUT2D eigenvalue weighted by molar-refractivity contribution is 0.0952. The average Bonchev–Trinajstić information content (AvgIpc) is 2.55. The second-order valence-electron chi connectivity index (χ2n) is 4.54. The van der Waals surface area contributed by atoms with Crippen molar-refractivity contribution in [2.24, 2.45) is 0 Å². The topological polar surface area (TPSA) is 97.4 Å². The number of ether oxygens (including phenoxy) is 1. The highest BCUT2D eigenvalue weighted by Crippen LogP contribution is 2.23. The summed E-state index contributed by atoms with van der Waals surface area (Å²) in [5.74, 6) is 0.0925. The predicted octanol–water partition coefficient (Wildman–Crippen LogP) is 1.64. The van der Waals surface area contributed by atoms with Crippen LogP contribution in [0.15, 0.2) is 47.5 Å². The summed E-state index contributed by atoms with van der Waals surface area (Å²) in [6, 6.07) is 8.96. The van der Waals surface area contributed by atoms with Crippen LogP contribution in [0.4, 0.5) is 5.82 Å².